The number of hydrogen-bond acceptors (Lipinski definition) is 6. The number of carboxylic acids is 1. The van der Waals surface area contributed by atoms with E-state index in [1.54, 1.807) is 38.1 Å². The van der Waals surface area contributed by atoms with Gasteiger partial charge < -0.3 is 14.7 Å². The lowest BCUT2D eigenvalue weighted by molar-refractivity contribution is -0.148. The maximum atomic E-state index is 13.0. The number of carbonyl (C=O) groups is 2. The predicted octanol–water partition coefficient (Wildman–Crippen LogP) is 3.27. The van der Waals surface area contributed by atoms with Crippen molar-refractivity contribution in [3.8, 4) is 0 Å². The number of hydrogen-bond donors (Lipinski definition) is 2. The lowest BCUT2D eigenvalue weighted by Gasteiger charge is -2.34. The fourth-order valence-electron chi connectivity index (χ4n) is 3.66. The van der Waals surface area contributed by atoms with Gasteiger partial charge in [0.15, 0.2) is 0 Å². The van der Waals surface area contributed by atoms with Crippen LogP contribution in [0.15, 0.2) is 47.4 Å². The third kappa shape index (κ3) is 5.35. The van der Waals surface area contributed by atoms with E-state index in [1.807, 2.05) is 4.90 Å². The first kappa shape index (κ1) is 22.6. The monoisotopic (exact) mass is 446 g/mol. The molecular formula is C22H26N2O6S. The molecule has 1 saturated heterocycles. The number of aryl methyl sites for hydroxylation is 1. The number of aromatic carboxylic acids is 1. The minimum absolute atomic E-state index is 0.0374. The number of carboxylic acid groups (broad SMARTS) is 1. The van der Waals surface area contributed by atoms with Crippen LogP contribution in [-0.4, -0.2) is 45.2 Å². The standard InChI is InChI=1S/C22H26N2O6S/c1-3-30-22(27)17-7-5-11-24(14-17)20-10-9-16(21(25)26)13-19(20)23-31(28,29)18-8-4-6-15(2)12-18/h4,6,8-10,12-13,17,23H,3,5,7,11,14H2,1-2H3,(H,25,26). The molecule has 2 aromatic carbocycles. The first-order valence-corrected chi connectivity index (χ1v) is 11.6. The number of sulfonamides is 1. The smallest absolute Gasteiger partial charge is 0.335 e. The fraction of sp³-hybridized carbons (Fsp3) is 0.364. The van der Waals surface area contributed by atoms with Crippen molar-refractivity contribution in [2.75, 3.05) is 29.3 Å². The molecule has 1 fully saturated rings. The zero-order chi connectivity index (χ0) is 22.6. The fourth-order valence-corrected chi connectivity index (χ4v) is 4.83. The van der Waals surface area contributed by atoms with Crippen LogP contribution in [0.3, 0.4) is 0 Å². The van der Waals surface area contributed by atoms with Crippen molar-refractivity contribution in [2.45, 2.75) is 31.6 Å². The normalized spacial score (nSPS) is 16.6. The molecule has 0 spiro atoms. The molecule has 1 heterocycles. The van der Waals surface area contributed by atoms with Crippen molar-refractivity contribution in [2.24, 2.45) is 5.92 Å². The molecule has 0 amide bonds. The summed E-state index contributed by atoms with van der Waals surface area (Å²) in [6.07, 6.45) is 1.42. The van der Waals surface area contributed by atoms with Crippen LogP contribution in [0, 0.1) is 12.8 Å². The van der Waals surface area contributed by atoms with E-state index in [9.17, 15) is 23.1 Å². The number of ether oxygens (including phenoxy) is 1. The number of nitrogens with zero attached hydrogens (tertiary/aromatic N) is 1. The molecule has 9 heteroatoms. The second kappa shape index (κ2) is 9.38. The summed E-state index contributed by atoms with van der Waals surface area (Å²) in [5.41, 5.74) is 1.43. The average Bonchev–Trinajstić information content (AvgIpc) is 2.73. The van der Waals surface area contributed by atoms with Gasteiger partial charge in [-0.3, -0.25) is 9.52 Å². The van der Waals surface area contributed by atoms with E-state index in [2.05, 4.69) is 4.72 Å². The van der Waals surface area contributed by atoms with E-state index < -0.39 is 16.0 Å². The van der Waals surface area contributed by atoms with Crippen molar-refractivity contribution in [1.29, 1.82) is 0 Å². The molecule has 3 rings (SSSR count). The van der Waals surface area contributed by atoms with Crippen LogP contribution < -0.4 is 9.62 Å². The van der Waals surface area contributed by atoms with Crippen molar-refractivity contribution >= 4 is 33.3 Å². The minimum atomic E-state index is -3.94. The van der Waals surface area contributed by atoms with Gasteiger partial charge in [-0.1, -0.05) is 12.1 Å². The van der Waals surface area contributed by atoms with Crippen LogP contribution in [0.1, 0.15) is 35.7 Å². The Kier molecular flexibility index (Phi) is 6.84. The number of anilines is 2. The zero-order valence-electron chi connectivity index (χ0n) is 17.5. The summed E-state index contributed by atoms with van der Waals surface area (Å²) >= 11 is 0. The highest BCUT2D eigenvalue weighted by Gasteiger charge is 2.29. The largest absolute Gasteiger partial charge is 0.478 e. The third-order valence-corrected chi connectivity index (χ3v) is 6.53. The summed E-state index contributed by atoms with van der Waals surface area (Å²) in [6, 6.07) is 10.8. The molecule has 8 nitrogen and oxygen atoms in total. The Labute approximate surface area is 181 Å². The highest BCUT2D eigenvalue weighted by Crippen LogP contribution is 2.33. The van der Waals surface area contributed by atoms with E-state index in [4.69, 9.17) is 4.74 Å². The molecule has 1 atom stereocenters. The van der Waals surface area contributed by atoms with E-state index >= 15 is 0 Å². The van der Waals surface area contributed by atoms with Crippen LogP contribution in [0.4, 0.5) is 11.4 Å². The number of carbonyl (C=O) groups excluding carboxylic acids is 1. The summed E-state index contributed by atoms with van der Waals surface area (Å²) in [6.45, 7) is 4.82. The Morgan fingerprint density at radius 3 is 2.68 bits per heavy atom. The number of esters is 1. The van der Waals surface area contributed by atoms with Crippen molar-refractivity contribution in [3.05, 3.63) is 53.6 Å². The molecule has 0 radical (unpaired) electrons. The van der Waals surface area contributed by atoms with Gasteiger partial charge in [-0.05, 0) is 62.6 Å². The van der Waals surface area contributed by atoms with Crippen molar-refractivity contribution in [1.82, 2.24) is 0 Å². The summed E-state index contributed by atoms with van der Waals surface area (Å²) in [7, 11) is -3.94. The molecule has 31 heavy (non-hydrogen) atoms. The number of piperidine rings is 1. The maximum Gasteiger partial charge on any atom is 0.335 e. The van der Waals surface area contributed by atoms with Gasteiger partial charge in [0, 0.05) is 13.1 Å². The predicted molar refractivity (Wildman–Crippen MR) is 117 cm³/mol. The van der Waals surface area contributed by atoms with Gasteiger partial charge in [0.05, 0.1) is 34.4 Å². The van der Waals surface area contributed by atoms with Crippen LogP contribution in [-0.2, 0) is 19.6 Å². The number of nitrogens with one attached hydrogen (secondary N) is 1. The molecule has 0 bridgehead atoms. The molecular weight excluding hydrogens is 420 g/mol. The highest BCUT2D eigenvalue weighted by molar-refractivity contribution is 7.92. The van der Waals surface area contributed by atoms with E-state index in [1.165, 1.54) is 18.2 Å². The second-order valence-electron chi connectivity index (χ2n) is 7.50. The maximum absolute atomic E-state index is 13.0. The molecule has 0 aliphatic carbocycles. The van der Waals surface area contributed by atoms with Gasteiger partial charge in [-0.2, -0.15) is 0 Å². The molecule has 2 N–H and O–H groups in total. The minimum Gasteiger partial charge on any atom is -0.478 e. The summed E-state index contributed by atoms with van der Waals surface area (Å²) in [5.74, 6) is -1.77. The summed E-state index contributed by atoms with van der Waals surface area (Å²) in [4.78, 5) is 25.7. The van der Waals surface area contributed by atoms with Crippen LogP contribution in [0.25, 0.3) is 0 Å². The molecule has 1 aliphatic heterocycles. The SMILES string of the molecule is CCOC(=O)C1CCCN(c2ccc(C(=O)O)cc2NS(=O)(=O)c2cccc(C)c2)C1. The Morgan fingerprint density at radius 2 is 2.00 bits per heavy atom. The Bertz CT molecular complexity index is 1080. The van der Waals surface area contributed by atoms with E-state index in [0.29, 0.717) is 31.8 Å². The van der Waals surface area contributed by atoms with Gasteiger partial charge in [-0.25, -0.2) is 13.2 Å². The van der Waals surface area contributed by atoms with Crippen LogP contribution in [0.2, 0.25) is 0 Å². The van der Waals surface area contributed by atoms with Gasteiger partial charge in [0.1, 0.15) is 0 Å². The number of benzene rings is 2. The van der Waals surface area contributed by atoms with E-state index in [0.717, 1.165) is 12.0 Å². The molecule has 0 aromatic heterocycles. The first-order chi connectivity index (χ1) is 14.7. The molecule has 2 aromatic rings. The molecule has 1 unspecified atom stereocenters. The quantitative estimate of drug-likeness (QED) is 0.628. The first-order valence-electron chi connectivity index (χ1n) is 10.1. The van der Waals surface area contributed by atoms with Gasteiger partial charge in [0.25, 0.3) is 10.0 Å². The summed E-state index contributed by atoms with van der Waals surface area (Å²) < 4.78 is 33.6. The topological polar surface area (TPSA) is 113 Å². The highest BCUT2D eigenvalue weighted by atomic mass is 32.2. The summed E-state index contributed by atoms with van der Waals surface area (Å²) in [5, 5.41) is 9.38. The molecule has 1 aliphatic rings. The Morgan fingerprint density at radius 1 is 1.23 bits per heavy atom. The lowest BCUT2D eigenvalue weighted by Crippen LogP contribution is -2.39. The van der Waals surface area contributed by atoms with Gasteiger partial charge in [-0.15, -0.1) is 0 Å². The number of rotatable bonds is 7. The second-order valence-corrected chi connectivity index (χ2v) is 9.18. The Hall–Kier alpha value is -3.07. The van der Waals surface area contributed by atoms with Crippen LogP contribution in [0.5, 0.6) is 0 Å². The van der Waals surface area contributed by atoms with Crippen LogP contribution >= 0.6 is 0 Å². The molecule has 166 valence electrons. The lowest BCUT2D eigenvalue weighted by atomic mass is 9.97. The zero-order valence-corrected chi connectivity index (χ0v) is 18.3. The van der Waals surface area contributed by atoms with E-state index in [-0.39, 0.29) is 28.0 Å². The van der Waals surface area contributed by atoms with Crippen molar-refractivity contribution in [3.63, 3.8) is 0 Å². The average molecular weight is 447 g/mol. The van der Waals surface area contributed by atoms with Gasteiger partial charge in [0.2, 0.25) is 0 Å². The van der Waals surface area contributed by atoms with Gasteiger partial charge >= 0.3 is 11.9 Å². The van der Waals surface area contributed by atoms with Crippen molar-refractivity contribution < 1.29 is 27.9 Å². The Balaban J connectivity index is 1.96. The third-order valence-electron chi connectivity index (χ3n) is 5.17. The molecule has 0 saturated carbocycles.